The Morgan fingerprint density at radius 3 is 1.41 bits per heavy atom. The summed E-state index contributed by atoms with van der Waals surface area (Å²) in [6, 6.07) is 19.0. The van der Waals surface area contributed by atoms with E-state index in [9.17, 15) is 14.7 Å². The van der Waals surface area contributed by atoms with E-state index in [2.05, 4.69) is 30.1 Å². The summed E-state index contributed by atoms with van der Waals surface area (Å²) in [4.78, 5) is 42.4. The number of benzene rings is 4. The van der Waals surface area contributed by atoms with Gasteiger partial charge in [-0.25, -0.2) is 14.8 Å². The molecule has 17 heteroatoms. The maximum absolute atomic E-state index is 13.2. The number of carboxylic acids is 1. The minimum absolute atomic E-state index is 0.0166. The van der Waals surface area contributed by atoms with Crippen molar-refractivity contribution in [3.8, 4) is 56.6 Å². The third-order valence-corrected chi connectivity index (χ3v) is 10.4. The third kappa shape index (κ3) is 8.26. The average Bonchev–Trinajstić information content (AvgIpc) is 4.12. The molecular formula is C46H42N10O7. The van der Waals surface area contributed by atoms with Gasteiger partial charge in [-0.05, 0) is 42.3 Å². The fraction of sp³-hybridized carbons (Fsp3) is 0.174. The molecule has 0 amide bonds. The van der Waals surface area contributed by atoms with Crippen LogP contribution in [0, 0.1) is 6.92 Å². The molecule has 9 rings (SSSR count). The number of aryl methyl sites for hydroxylation is 3. The number of aromatic carboxylic acids is 1. The molecule has 0 aliphatic rings. The average molecular weight is 847 g/mol. The van der Waals surface area contributed by atoms with Gasteiger partial charge in [-0.15, -0.1) is 0 Å². The van der Waals surface area contributed by atoms with Crippen molar-refractivity contribution < 1.29 is 33.6 Å². The van der Waals surface area contributed by atoms with Crippen LogP contribution >= 0.6 is 0 Å². The van der Waals surface area contributed by atoms with E-state index >= 15 is 0 Å². The second-order valence-corrected chi connectivity index (χ2v) is 14.4. The number of rotatable bonds is 12. The van der Waals surface area contributed by atoms with Crippen LogP contribution in [0.2, 0.25) is 0 Å². The molecule has 0 bridgehead atoms. The largest absolute Gasteiger partial charge is 0.496 e. The summed E-state index contributed by atoms with van der Waals surface area (Å²) in [5.41, 5.74) is 10.7. The number of ether oxygens (including phenoxy) is 4. The zero-order valence-corrected chi connectivity index (χ0v) is 35.5. The van der Waals surface area contributed by atoms with Crippen LogP contribution in [-0.2, 0) is 20.5 Å². The van der Waals surface area contributed by atoms with E-state index in [0.29, 0.717) is 28.4 Å². The standard InChI is InChI=1S/C26H24N6O3.C20H18N4O4/c1-16-11-28-19(13-27-16)8-23(33)26-24(34-3)9-20(10-25(26)35-4)32-15-29-21-7-17(5-6-22(21)32)18-12-30-31(2)14-18;1-23-10-13(9-22-23)12-4-5-16-15(6-12)21-11-24(16)14-7-17(27-2)19(20(25)26)18(8-14)28-3/h5-7,9-15H,8H2,1-4H3;4-11H,1-3H3,(H,25,26). The van der Waals surface area contributed by atoms with E-state index < -0.39 is 5.97 Å². The summed E-state index contributed by atoms with van der Waals surface area (Å²) in [6.45, 7) is 1.85. The van der Waals surface area contributed by atoms with Gasteiger partial charge in [0.25, 0.3) is 0 Å². The highest BCUT2D eigenvalue weighted by Crippen LogP contribution is 2.36. The van der Waals surface area contributed by atoms with E-state index in [1.807, 2.05) is 97.3 Å². The number of hydrogen-bond acceptors (Lipinski definition) is 12. The third-order valence-electron chi connectivity index (χ3n) is 10.4. The van der Waals surface area contributed by atoms with Crippen molar-refractivity contribution in [2.45, 2.75) is 13.3 Å². The maximum Gasteiger partial charge on any atom is 0.343 e. The molecule has 63 heavy (non-hydrogen) atoms. The lowest BCUT2D eigenvalue weighted by molar-refractivity contribution is 0.0689. The van der Waals surface area contributed by atoms with Gasteiger partial charge in [-0.2, -0.15) is 10.2 Å². The molecule has 318 valence electrons. The second kappa shape index (κ2) is 17.3. The Morgan fingerprint density at radius 2 is 1.03 bits per heavy atom. The van der Waals surface area contributed by atoms with Gasteiger partial charge in [-0.3, -0.25) is 33.3 Å². The highest BCUT2D eigenvalue weighted by atomic mass is 16.5. The molecule has 0 unspecified atom stereocenters. The monoisotopic (exact) mass is 846 g/mol. The van der Waals surface area contributed by atoms with Crippen molar-refractivity contribution in [2.75, 3.05) is 28.4 Å². The predicted molar refractivity (Wildman–Crippen MR) is 235 cm³/mol. The summed E-state index contributed by atoms with van der Waals surface area (Å²) >= 11 is 0. The summed E-state index contributed by atoms with van der Waals surface area (Å²) in [6.07, 6.45) is 14.3. The van der Waals surface area contributed by atoms with Gasteiger partial charge in [0.2, 0.25) is 0 Å². The van der Waals surface area contributed by atoms with Crippen LogP contribution < -0.4 is 18.9 Å². The molecule has 1 N–H and O–H groups in total. The Morgan fingerprint density at radius 1 is 0.571 bits per heavy atom. The quantitative estimate of drug-likeness (QED) is 0.123. The molecule has 5 heterocycles. The van der Waals surface area contributed by atoms with Crippen molar-refractivity contribution in [1.29, 1.82) is 0 Å². The second-order valence-electron chi connectivity index (χ2n) is 14.4. The number of carbonyl (C=O) groups excluding carboxylic acids is 1. The molecule has 9 aromatic rings. The van der Waals surface area contributed by atoms with Gasteiger partial charge in [-0.1, -0.05) is 12.1 Å². The van der Waals surface area contributed by atoms with Crippen LogP contribution in [0.4, 0.5) is 0 Å². The Kier molecular flexibility index (Phi) is 11.4. The van der Waals surface area contributed by atoms with Gasteiger partial charge < -0.3 is 24.1 Å². The molecule has 5 aromatic heterocycles. The Hall–Kier alpha value is -8.34. The molecule has 0 spiro atoms. The van der Waals surface area contributed by atoms with Gasteiger partial charge >= 0.3 is 5.97 Å². The molecule has 0 atom stereocenters. The Labute approximate surface area is 360 Å². The molecular weight excluding hydrogens is 805 g/mol. The molecule has 4 aromatic carbocycles. The number of carbonyl (C=O) groups is 2. The van der Waals surface area contributed by atoms with Gasteiger partial charge in [0.15, 0.2) is 5.78 Å². The SMILES string of the molecule is COc1cc(-n2cnc3cc(-c4cnn(C)c4)ccc32)cc(OC)c1C(=O)Cc1cnc(C)cn1.COc1cc(-n2cnc3cc(-c4cnn(C)c4)ccc32)cc(OC)c1C(=O)O. The van der Waals surface area contributed by atoms with E-state index in [-0.39, 0.29) is 29.3 Å². The predicted octanol–water partition coefficient (Wildman–Crippen LogP) is 7.11. The number of imidazole rings is 2. The number of ketones is 1. The van der Waals surface area contributed by atoms with Crippen LogP contribution in [0.5, 0.6) is 23.0 Å². The van der Waals surface area contributed by atoms with Crippen molar-refractivity contribution in [1.82, 2.24) is 48.6 Å². The van der Waals surface area contributed by atoms with Crippen LogP contribution in [0.15, 0.2) is 110 Å². The van der Waals surface area contributed by atoms with Crippen molar-refractivity contribution in [2.24, 2.45) is 14.1 Å². The number of nitrogens with zero attached hydrogens (tertiary/aromatic N) is 10. The minimum atomic E-state index is -1.11. The van der Waals surface area contributed by atoms with E-state index in [1.54, 1.807) is 52.7 Å². The number of aromatic nitrogens is 10. The van der Waals surface area contributed by atoms with Crippen molar-refractivity contribution >= 4 is 33.8 Å². The van der Waals surface area contributed by atoms with E-state index in [4.69, 9.17) is 18.9 Å². The normalized spacial score (nSPS) is 11.0. The molecule has 0 saturated heterocycles. The number of hydrogen-bond donors (Lipinski definition) is 1. The lowest BCUT2D eigenvalue weighted by atomic mass is 10.0. The lowest BCUT2D eigenvalue weighted by Gasteiger charge is -2.15. The molecule has 0 radical (unpaired) electrons. The van der Waals surface area contributed by atoms with E-state index in [1.165, 1.54) is 28.4 Å². The fourth-order valence-corrected chi connectivity index (χ4v) is 7.26. The first-order chi connectivity index (χ1) is 30.5. The molecule has 0 aliphatic heterocycles. The Balaban J connectivity index is 0.000000177. The Bertz CT molecular complexity index is 3090. The number of carboxylic acid groups (broad SMARTS) is 1. The number of methoxy groups -OCH3 is 4. The molecule has 0 aliphatic carbocycles. The zero-order chi connectivity index (χ0) is 44.4. The summed E-state index contributed by atoms with van der Waals surface area (Å²) in [5, 5.41) is 17.9. The van der Waals surface area contributed by atoms with Crippen molar-refractivity contribution in [3.63, 3.8) is 0 Å². The molecule has 0 saturated carbocycles. The highest BCUT2D eigenvalue weighted by Gasteiger charge is 2.23. The molecule has 17 nitrogen and oxygen atoms in total. The number of Topliss-reactive ketones (excluding diaryl/α,β-unsaturated/α-hetero) is 1. The van der Waals surface area contributed by atoms with Crippen LogP contribution in [0.3, 0.4) is 0 Å². The first kappa shape index (κ1) is 41.4. The number of fused-ring (bicyclic) bond motifs is 2. The molecule has 0 fully saturated rings. The summed E-state index contributed by atoms with van der Waals surface area (Å²) in [5.74, 6) is -0.0141. The van der Waals surface area contributed by atoms with Crippen molar-refractivity contribution in [3.05, 3.63) is 133 Å². The van der Waals surface area contributed by atoms with Crippen LogP contribution in [0.25, 0.3) is 55.7 Å². The smallest absolute Gasteiger partial charge is 0.343 e. The highest BCUT2D eigenvalue weighted by molar-refractivity contribution is 6.03. The lowest BCUT2D eigenvalue weighted by Crippen LogP contribution is -2.10. The minimum Gasteiger partial charge on any atom is -0.496 e. The fourth-order valence-electron chi connectivity index (χ4n) is 7.26. The van der Waals surface area contributed by atoms with Crippen LogP contribution in [-0.4, -0.2) is 93.9 Å². The van der Waals surface area contributed by atoms with Gasteiger partial charge in [0.1, 0.15) is 46.8 Å². The van der Waals surface area contributed by atoms with Crippen LogP contribution in [0.1, 0.15) is 32.1 Å². The van der Waals surface area contributed by atoms with Gasteiger partial charge in [0.05, 0.1) is 92.1 Å². The first-order valence-corrected chi connectivity index (χ1v) is 19.5. The topological polar surface area (TPSA) is 188 Å². The zero-order valence-electron chi connectivity index (χ0n) is 35.5. The first-order valence-electron chi connectivity index (χ1n) is 19.5. The van der Waals surface area contributed by atoms with Gasteiger partial charge in [0, 0.05) is 74.3 Å². The summed E-state index contributed by atoms with van der Waals surface area (Å²) < 4.78 is 29.1. The van der Waals surface area contributed by atoms with E-state index in [0.717, 1.165) is 55.7 Å². The summed E-state index contributed by atoms with van der Waals surface area (Å²) in [7, 11) is 9.69. The maximum atomic E-state index is 13.2.